The Morgan fingerprint density at radius 3 is 2.33 bits per heavy atom. The van der Waals surface area contributed by atoms with E-state index in [-0.39, 0.29) is 11.8 Å². The van der Waals surface area contributed by atoms with E-state index in [2.05, 4.69) is 10.2 Å². The maximum Gasteiger partial charge on any atom is 0.223 e. The molecule has 1 N–H and O–H groups in total. The van der Waals surface area contributed by atoms with Gasteiger partial charge in [0.25, 0.3) is 0 Å². The number of likely N-dealkylation sites (tertiary alicyclic amines) is 1. The van der Waals surface area contributed by atoms with E-state index in [0.717, 1.165) is 49.5 Å². The molecule has 1 heterocycles. The molecule has 2 aromatic rings. The number of nitrogens with zero attached hydrogens (tertiary/aromatic N) is 1. The van der Waals surface area contributed by atoms with E-state index < -0.39 is 0 Å². The summed E-state index contributed by atoms with van der Waals surface area (Å²) in [5, 5.41) is 5.15. The van der Waals surface area contributed by atoms with Crippen LogP contribution in [-0.4, -0.2) is 30.4 Å². The number of hydrogen-bond acceptors (Lipinski definition) is 2. The normalized spacial score (nSPS) is 15.7. The SMILES string of the molecule is O=C(NCCc1ccc(Cl)cc1)C1CCN(Cc2ccc(Cl)cc2Cl)CC1. The van der Waals surface area contributed by atoms with Crippen molar-refractivity contribution in [3.63, 3.8) is 0 Å². The molecule has 27 heavy (non-hydrogen) atoms. The summed E-state index contributed by atoms with van der Waals surface area (Å²) in [5.41, 5.74) is 2.25. The van der Waals surface area contributed by atoms with Gasteiger partial charge < -0.3 is 5.32 Å². The first kappa shape index (κ1) is 20.5. The molecule has 1 aliphatic heterocycles. The summed E-state index contributed by atoms with van der Waals surface area (Å²) in [6, 6.07) is 13.4. The van der Waals surface area contributed by atoms with Gasteiger partial charge in [0.1, 0.15) is 0 Å². The number of piperidine rings is 1. The van der Waals surface area contributed by atoms with Crippen LogP contribution in [0.4, 0.5) is 0 Å². The fourth-order valence-electron chi connectivity index (χ4n) is 3.37. The molecular formula is C21H23Cl3N2O. The van der Waals surface area contributed by atoms with Crippen LogP contribution in [0.15, 0.2) is 42.5 Å². The second kappa shape index (κ2) is 9.79. The smallest absolute Gasteiger partial charge is 0.223 e. The lowest BCUT2D eigenvalue weighted by Gasteiger charge is -2.31. The van der Waals surface area contributed by atoms with E-state index in [1.165, 1.54) is 5.56 Å². The van der Waals surface area contributed by atoms with Gasteiger partial charge in [-0.2, -0.15) is 0 Å². The molecule has 0 aliphatic carbocycles. The Balaban J connectivity index is 1.40. The fourth-order valence-corrected chi connectivity index (χ4v) is 3.96. The van der Waals surface area contributed by atoms with Crippen molar-refractivity contribution in [1.82, 2.24) is 10.2 Å². The van der Waals surface area contributed by atoms with Crippen molar-refractivity contribution in [2.45, 2.75) is 25.8 Å². The lowest BCUT2D eigenvalue weighted by atomic mass is 9.95. The average Bonchev–Trinajstić information content (AvgIpc) is 2.66. The maximum absolute atomic E-state index is 12.4. The summed E-state index contributed by atoms with van der Waals surface area (Å²) < 4.78 is 0. The van der Waals surface area contributed by atoms with E-state index in [1.807, 2.05) is 36.4 Å². The highest BCUT2D eigenvalue weighted by Gasteiger charge is 2.25. The number of amides is 1. The third-order valence-corrected chi connectivity index (χ3v) is 5.83. The Bertz CT molecular complexity index is 771. The number of benzene rings is 2. The lowest BCUT2D eigenvalue weighted by molar-refractivity contribution is -0.126. The summed E-state index contributed by atoms with van der Waals surface area (Å²) in [5.74, 6) is 0.250. The van der Waals surface area contributed by atoms with Gasteiger partial charge in [-0.25, -0.2) is 0 Å². The van der Waals surface area contributed by atoms with Crippen molar-refractivity contribution in [3.8, 4) is 0 Å². The van der Waals surface area contributed by atoms with Gasteiger partial charge in [0, 0.05) is 34.1 Å². The van der Waals surface area contributed by atoms with Crippen LogP contribution in [0, 0.1) is 5.92 Å². The number of rotatable bonds is 6. The molecule has 1 fully saturated rings. The molecule has 0 atom stereocenters. The molecule has 0 aromatic heterocycles. The van der Waals surface area contributed by atoms with Crippen LogP contribution in [0.3, 0.4) is 0 Å². The predicted octanol–water partition coefficient (Wildman–Crippen LogP) is 5.22. The summed E-state index contributed by atoms with van der Waals surface area (Å²) in [6.45, 7) is 3.24. The predicted molar refractivity (Wildman–Crippen MR) is 113 cm³/mol. The molecule has 1 amide bonds. The molecule has 6 heteroatoms. The van der Waals surface area contributed by atoms with Crippen LogP contribution in [-0.2, 0) is 17.8 Å². The van der Waals surface area contributed by atoms with Crippen LogP contribution >= 0.6 is 34.8 Å². The zero-order valence-electron chi connectivity index (χ0n) is 15.1. The standard InChI is InChI=1S/C21H23Cl3N2O/c22-18-4-1-15(2-5-18)7-10-25-21(27)16-8-11-26(12-9-16)14-17-3-6-19(23)13-20(17)24/h1-6,13,16H,7-12,14H2,(H,25,27). The summed E-state index contributed by atoms with van der Waals surface area (Å²) in [4.78, 5) is 14.8. The first-order chi connectivity index (χ1) is 13.0. The minimum absolute atomic E-state index is 0.0900. The average molecular weight is 426 g/mol. The van der Waals surface area contributed by atoms with E-state index in [9.17, 15) is 4.79 Å². The molecule has 144 valence electrons. The van der Waals surface area contributed by atoms with Crippen molar-refractivity contribution in [2.24, 2.45) is 5.92 Å². The molecule has 0 unspecified atom stereocenters. The third kappa shape index (κ3) is 6.11. The molecule has 3 nitrogen and oxygen atoms in total. The quantitative estimate of drug-likeness (QED) is 0.688. The van der Waals surface area contributed by atoms with Gasteiger partial charge in [-0.15, -0.1) is 0 Å². The van der Waals surface area contributed by atoms with E-state index >= 15 is 0 Å². The van der Waals surface area contributed by atoms with Crippen LogP contribution in [0.25, 0.3) is 0 Å². The van der Waals surface area contributed by atoms with Gasteiger partial charge in [0.2, 0.25) is 5.91 Å². The molecule has 0 saturated carbocycles. The lowest BCUT2D eigenvalue weighted by Crippen LogP contribution is -2.40. The summed E-state index contributed by atoms with van der Waals surface area (Å²) in [7, 11) is 0. The Morgan fingerprint density at radius 1 is 1.00 bits per heavy atom. The van der Waals surface area contributed by atoms with Crippen LogP contribution < -0.4 is 5.32 Å². The number of carbonyl (C=O) groups excluding carboxylic acids is 1. The second-order valence-electron chi connectivity index (χ2n) is 6.95. The van der Waals surface area contributed by atoms with Crippen molar-refractivity contribution < 1.29 is 4.79 Å². The Kier molecular flexibility index (Phi) is 7.42. The molecule has 0 radical (unpaired) electrons. The van der Waals surface area contributed by atoms with Gasteiger partial charge in [-0.1, -0.05) is 53.0 Å². The van der Waals surface area contributed by atoms with Crippen molar-refractivity contribution >= 4 is 40.7 Å². The van der Waals surface area contributed by atoms with Gasteiger partial charge in [0.05, 0.1) is 0 Å². The Hall–Kier alpha value is -1.26. The van der Waals surface area contributed by atoms with Crippen LogP contribution in [0.1, 0.15) is 24.0 Å². The largest absolute Gasteiger partial charge is 0.356 e. The minimum Gasteiger partial charge on any atom is -0.356 e. The molecule has 0 bridgehead atoms. The first-order valence-corrected chi connectivity index (χ1v) is 10.3. The van der Waals surface area contributed by atoms with Gasteiger partial charge in [-0.3, -0.25) is 9.69 Å². The van der Waals surface area contributed by atoms with Gasteiger partial charge in [0.15, 0.2) is 0 Å². The number of hydrogen-bond donors (Lipinski definition) is 1. The van der Waals surface area contributed by atoms with Gasteiger partial charge in [-0.05, 0) is 67.7 Å². The van der Waals surface area contributed by atoms with Crippen LogP contribution in [0.5, 0.6) is 0 Å². The second-order valence-corrected chi connectivity index (χ2v) is 8.23. The van der Waals surface area contributed by atoms with E-state index in [0.29, 0.717) is 16.6 Å². The van der Waals surface area contributed by atoms with E-state index in [1.54, 1.807) is 6.07 Å². The Morgan fingerprint density at radius 2 is 1.67 bits per heavy atom. The van der Waals surface area contributed by atoms with Crippen molar-refractivity contribution in [3.05, 3.63) is 68.7 Å². The molecular weight excluding hydrogens is 403 g/mol. The summed E-state index contributed by atoms with van der Waals surface area (Å²) in [6.07, 6.45) is 2.56. The monoisotopic (exact) mass is 424 g/mol. The zero-order valence-corrected chi connectivity index (χ0v) is 17.3. The van der Waals surface area contributed by atoms with E-state index in [4.69, 9.17) is 34.8 Å². The minimum atomic E-state index is 0.0900. The maximum atomic E-state index is 12.4. The van der Waals surface area contributed by atoms with Crippen LogP contribution in [0.2, 0.25) is 15.1 Å². The molecule has 0 spiro atoms. The molecule has 1 aliphatic rings. The highest BCUT2D eigenvalue weighted by atomic mass is 35.5. The number of carbonyl (C=O) groups is 1. The zero-order chi connectivity index (χ0) is 19.2. The fraction of sp³-hybridized carbons (Fsp3) is 0.381. The highest BCUT2D eigenvalue weighted by Crippen LogP contribution is 2.25. The molecule has 1 saturated heterocycles. The number of nitrogens with one attached hydrogen (secondary N) is 1. The highest BCUT2D eigenvalue weighted by molar-refractivity contribution is 6.35. The van der Waals surface area contributed by atoms with Crippen molar-refractivity contribution in [1.29, 1.82) is 0 Å². The first-order valence-electron chi connectivity index (χ1n) is 9.19. The van der Waals surface area contributed by atoms with Crippen molar-refractivity contribution in [2.75, 3.05) is 19.6 Å². The molecule has 3 rings (SSSR count). The third-order valence-electron chi connectivity index (χ3n) is 4.99. The topological polar surface area (TPSA) is 32.3 Å². The summed E-state index contributed by atoms with van der Waals surface area (Å²) >= 11 is 18.1. The number of halogens is 3. The Labute approximate surface area is 175 Å². The van der Waals surface area contributed by atoms with Gasteiger partial charge >= 0.3 is 0 Å². The molecule has 2 aromatic carbocycles.